The number of nitrogens with zero attached hydrogens (tertiary/aromatic N) is 1. The van der Waals surface area contributed by atoms with Gasteiger partial charge >= 0.3 is 0 Å². The molecule has 2 aliphatic rings. The van der Waals surface area contributed by atoms with E-state index in [0.717, 1.165) is 56.8 Å². The normalized spacial score (nSPS) is 19.4. The number of unbranched alkanes of at least 4 members (excludes halogenated alkanes) is 2. The van der Waals surface area contributed by atoms with Gasteiger partial charge in [0.1, 0.15) is 25.2 Å². The second-order valence-corrected chi connectivity index (χ2v) is 10.6. The number of nitrogens with one attached hydrogen (secondary N) is 1. The summed E-state index contributed by atoms with van der Waals surface area (Å²) in [5, 5.41) is 23.7. The molecule has 2 unspecified atom stereocenters. The third-order valence-electron chi connectivity index (χ3n) is 7.31. The zero-order chi connectivity index (χ0) is 26.0. The second-order valence-electron chi connectivity index (χ2n) is 10.6. The summed E-state index contributed by atoms with van der Waals surface area (Å²) in [5.41, 5.74) is 1.81. The van der Waals surface area contributed by atoms with Crippen LogP contribution in [0.1, 0.15) is 67.8 Å². The van der Waals surface area contributed by atoms with Crippen molar-refractivity contribution >= 4 is 5.78 Å². The van der Waals surface area contributed by atoms with Crippen molar-refractivity contribution in [3.63, 3.8) is 0 Å². The van der Waals surface area contributed by atoms with E-state index in [9.17, 15) is 15.0 Å². The zero-order valence-corrected chi connectivity index (χ0v) is 22.0. The SMILES string of the molecule is CC1CCCN(C[C@H](Cc2ccc3c(c2)OCCO3)NC(O)CCCCCC(=O)c2ccc(O)cc2)C1. The van der Waals surface area contributed by atoms with Crippen LogP contribution in [0.4, 0.5) is 0 Å². The number of aromatic hydroxyl groups is 1. The molecule has 0 saturated carbocycles. The molecule has 0 bridgehead atoms. The van der Waals surface area contributed by atoms with Crippen molar-refractivity contribution in [1.82, 2.24) is 10.2 Å². The van der Waals surface area contributed by atoms with Crippen molar-refractivity contribution in [1.29, 1.82) is 0 Å². The minimum absolute atomic E-state index is 0.0916. The summed E-state index contributed by atoms with van der Waals surface area (Å²) in [6.45, 7) is 6.58. The number of hydrogen-bond donors (Lipinski definition) is 3. The molecular formula is C30H42N2O5. The molecule has 0 radical (unpaired) electrons. The summed E-state index contributed by atoms with van der Waals surface area (Å²) in [6, 6.07) is 12.7. The fraction of sp³-hybridized carbons (Fsp3) is 0.567. The topological polar surface area (TPSA) is 91.3 Å². The lowest BCUT2D eigenvalue weighted by atomic mass is 9.98. The fourth-order valence-corrected chi connectivity index (χ4v) is 5.39. The second kappa shape index (κ2) is 13.8. The number of carbonyl (C=O) groups excluding carboxylic acids is 1. The summed E-state index contributed by atoms with van der Waals surface area (Å²) in [7, 11) is 0. The first-order valence-corrected chi connectivity index (χ1v) is 13.8. The van der Waals surface area contributed by atoms with Crippen molar-refractivity contribution in [3.8, 4) is 17.2 Å². The Kier molecular flexibility index (Phi) is 10.2. The first-order valence-electron chi connectivity index (χ1n) is 13.8. The Morgan fingerprint density at radius 2 is 1.86 bits per heavy atom. The summed E-state index contributed by atoms with van der Waals surface area (Å²) in [4.78, 5) is 14.8. The standard InChI is InChI=1S/C30H42N2O5/c1-22-6-5-15-32(20-22)21-25(18-23-9-14-28-29(19-23)37-17-16-36-28)31-30(35)8-4-2-3-7-27(34)24-10-12-26(33)13-11-24/h9-14,19,22,25,30-31,33,35H,2-8,15-18,20-21H2,1H3/t22?,25-,30?/m0/s1. The van der Waals surface area contributed by atoms with Gasteiger partial charge in [-0.1, -0.05) is 19.4 Å². The Bertz CT molecular complexity index is 996. The van der Waals surface area contributed by atoms with Crippen molar-refractivity contribution in [2.24, 2.45) is 5.92 Å². The summed E-state index contributed by atoms with van der Waals surface area (Å²) >= 11 is 0. The number of aliphatic hydroxyl groups is 1. The van der Waals surface area contributed by atoms with Gasteiger partial charge in [0.2, 0.25) is 0 Å². The molecule has 1 fully saturated rings. The maximum absolute atomic E-state index is 12.3. The monoisotopic (exact) mass is 510 g/mol. The number of benzene rings is 2. The Hall–Kier alpha value is -2.61. The molecule has 3 N–H and O–H groups in total. The molecule has 0 aliphatic carbocycles. The minimum Gasteiger partial charge on any atom is -0.508 e. The molecule has 0 aromatic heterocycles. The van der Waals surface area contributed by atoms with Crippen LogP contribution in [0.15, 0.2) is 42.5 Å². The first-order chi connectivity index (χ1) is 18.0. The van der Waals surface area contributed by atoms with E-state index in [1.807, 2.05) is 6.07 Å². The molecule has 7 nitrogen and oxygen atoms in total. The fourth-order valence-electron chi connectivity index (χ4n) is 5.39. The highest BCUT2D eigenvalue weighted by atomic mass is 16.6. The van der Waals surface area contributed by atoms with Crippen LogP contribution in [0.3, 0.4) is 0 Å². The molecular weight excluding hydrogens is 468 g/mol. The molecule has 2 aromatic carbocycles. The molecule has 7 heteroatoms. The van der Waals surface area contributed by atoms with Gasteiger partial charge < -0.3 is 24.6 Å². The van der Waals surface area contributed by atoms with Crippen LogP contribution in [-0.2, 0) is 6.42 Å². The van der Waals surface area contributed by atoms with Gasteiger partial charge in [-0.25, -0.2) is 0 Å². The lowest BCUT2D eigenvalue weighted by molar-refractivity contribution is 0.0906. The van der Waals surface area contributed by atoms with E-state index in [4.69, 9.17) is 9.47 Å². The molecule has 4 rings (SSSR count). The zero-order valence-electron chi connectivity index (χ0n) is 22.0. The number of Topliss-reactive ketones (excluding diaryl/α,β-unsaturated/α-hetero) is 1. The predicted molar refractivity (Wildman–Crippen MR) is 144 cm³/mol. The third kappa shape index (κ3) is 8.73. The number of phenolic OH excluding ortho intramolecular Hbond substituents is 1. The van der Waals surface area contributed by atoms with Gasteiger partial charge in [0.15, 0.2) is 17.3 Å². The molecule has 37 heavy (non-hydrogen) atoms. The molecule has 1 saturated heterocycles. The number of aliphatic hydroxyl groups excluding tert-OH is 1. The van der Waals surface area contributed by atoms with Crippen molar-refractivity contribution in [2.75, 3.05) is 32.8 Å². The first kappa shape index (κ1) is 27.4. The van der Waals surface area contributed by atoms with Gasteiger partial charge in [-0.3, -0.25) is 10.1 Å². The molecule has 2 aromatic rings. The number of hydrogen-bond acceptors (Lipinski definition) is 7. The number of likely N-dealkylation sites (tertiary alicyclic amines) is 1. The van der Waals surface area contributed by atoms with Crippen LogP contribution in [0.5, 0.6) is 17.2 Å². The quantitative estimate of drug-likeness (QED) is 0.207. The van der Waals surface area contributed by atoms with Crippen LogP contribution in [-0.4, -0.2) is 66.0 Å². The Morgan fingerprint density at radius 1 is 1.08 bits per heavy atom. The van der Waals surface area contributed by atoms with E-state index in [1.54, 1.807) is 24.3 Å². The average Bonchev–Trinajstić information content (AvgIpc) is 2.88. The summed E-state index contributed by atoms with van der Waals surface area (Å²) in [5.74, 6) is 2.57. The Labute approximate surface area is 220 Å². The molecule has 2 heterocycles. The molecule has 0 spiro atoms. The highest BCUT2D eigenvalue weighted by Gasteiger charge is 2.22. The van der Waals surface area contributed by atoms with E-state index in [1.165, 1.54) is 18.4 Å². The molecule has 3 atom stereocenters. The maximum atomic E-state index is 12.3. The van der Waals surface area contributed by atoms with E-state index < -0.39 is 6.23 Å². The Morgan fingerprint density at radius 3 is 2.65 bits per heavy atom. The highest BCUT2D eigenvalue weighted by Crippen LogP contribution is 2.31. The molecule has 202 valence electrons. The largest absolute Gasteiger partial charge is 0.508 e. The van der Waals surface area contributed by atoms with Gasteiger partial charge in [0.05, 0.1) is 0 Å². The van der Waals surface area contributed by atoms with Gasteiger partial charge in [-0.05, 0) is 92.9 Å². The number of phenols is 1. The van der Waals surface area contributed by atoms with E-state index in [2.05, 4.69) is 29.3 Å². The average molecular weight is 511 g/mol. The van der Waals surface area contributed by atoms with Gasteiger partial charge in [0, 0.05) is 31.1 Å². The van der Waals surface area contributed by atoms with Gasteiger partial charge in [-0.15, -0.1) is 0 Å². The van der Waals surface area contributed by atoms with Crippen LogP contribution in [0, 0.1) is 5.92 Å². The van der Waals surface area contributed by atoms with E-state index >= 15 is 0 Å². The highest BCUT2D eigenvalue weighted by molar-refractivity contribution is 5.96. The molecule has 0 amide bonds. The maximum Gasteiger partial charge on any atom is 0.162 e. The van der Waals surface area contributed by atoms with Gasteiger partial charge in [-0.2, -0.15) is 0 Å². The Balaban J connectivity index is 1.25. The number of ether oxygens (including phenoxy) is 2. The van der Waals surface area contributed by atoms with Crippen molar-refractivity contribution < 1.29 is 24.5 Å². The van der Waals surface area contributed by atoms with Gasteiger partial charge in [0.25, 0.3) is 0 Å². The number of piperidine rings is 1. The van der Waals surface area contributed by atoms with Crippen LogP contribution < -0.4 is 14.8 Å². The number of ketones is 1. The third-order valence-corrected chi connectivity index (χ3v) is 7.31. The smallest absolute Gasteiger partial charge is 0.162 e. The summed E-state index contributed by atoms with van der Waals surface area (Å²) in [6.07, 6.45) is 6.40. The molecule has 2 aliphatic heterocycles. The number of fused-ring (bicyclic) bond motifs is 1. The van der Waals surface area contributed by atoms with E-state index in [-0.39, 0.29) is 17.6 Å². The van der Waals surface area contributed by atoms with E-state index in [0.29, 0.717) is 37.5 Å². The van der Waals surface area contributed by atoms with Crippen LogP contribution >= 0.6 is 0 Å². The number of carbonyl (C=O) groups is 1. The predicted octanol–water partition coefficient (Wildman–Crippen LogP) is 4.55. The number of rotatable bonds is 13. The van der Waals surface area contributed by atoms with Crippen LogP contribution in [0.25, 0.3) is 0 Å². The van der Waals surface area contributed by atoms with Crippen molar-refractivity contribution in [3.05, 3.63) is 53.6 Å². The van der Waals surface area contributed by atoms with Crippen molar-refractivity contribution in [2.45, 2.75) is 70.6 Å². The minimum atomic E-state index is -0.586. The lowest BCUT2D eigenvalue weighted by Crippen LogP contribution is -2.49. The van der Waals surface area contributed by atoms with Crippen LogP contribution in [0.2, 0.25) is 0 Å². The summed E-state index contributed by atoms with van der Waals surface area (Å²) < 4.78 is 11.4. The lowest BCUT2D eigenvalue weighted by Gasteiger charge is -2.35.